The second kappa shape index (κ2) is 5.35. The average molecular weight is 158 g/mol. The summed E-state index contributed by atoms with van der Waals surface area (Å²) in [6, 6.07) is 0. The summed E-state index contributed by atoms with van der Waals surface area (Å²) in [5, 5.41) is 1.06. The first-order valence-electron chi connectivity index (χ1n) is 3.62. The molecule has 0 atom stereocenters. The molecular weight excluding hydrogens is 144 g/mol. The van der Waals surface area contributed by atoms with E-state index < -0.39 is 0 Å². The summed E-state index contributed by atoms with van der Waals surface area (Å²) in [6.07, 6.45) is 0.949. The molecule has 1 aromatic rings. The van der Waals surface area contributed by atoms with Crippen molar-refractivity contribution >= 4 is 11.5 Å². The maximum Gasteiger partial charge on any atom is 0.142 e. The molecule has 0 aromatic carbocycles. The largest absolute Gasteiger partial charge is 0.225 e. The van der Waals surface area contributed by atoms with E-state index in [1.807, 2.05) is 20.8 Å². The predicted molar refractivity (Wildman–Crippen MR) is 45.4 cm³/mol. The highest BCUT2D eigenvalue weighted by Crippen LogP contribution is 2.01. The summed E-state index contributed by atoms with van der Waals surface area (Å²) in [7, 11) is 0. The van der Waals surface area contributed by atoms with Gasteiger partial charge < -0.3 is 0 Å². The van der Waals surface area contributed by atoms with Gasteiger partial charge in [-0.2, -0.15) is 4.37 Å². The molecule has 0 radical (unpaired) electrons. The zero-order valence-electron chi connectivity index (χ0n) is 7.01. The second-order valence-corrected chi connectivity index (χ2v) is 2.54. The predicted octanol–water partition coefficient (Wildman–Crippen LogP) is 2.44. The van der Waals surface area contributed by atoms with E-state index in [0.29, 0.717) is 0 Å². The highest BCUT2D eigenvalue weighted by Gasteiger charge is 1.93. The standard InChI is InChI=1S/C5H8N2S.C2H6/c1-3-5-6-4(2)8-7-5;1-2/h3H2,1-2H3;1-2H3. The second-order valence-electron chi connectivity index (χ2n) is 1.58. The van der Waals surface area contributed by atoms with Crippen LogP contribution >= 0.6 is 11.5 Å². The molecule has 0 unspecified atom stereocenters. The van der Waals surface area contributed by atoms with E-state index >= 15 is 0 Å². The molecule has 0 aliphatic heterocycles. The molecule has 0 saturated carbocycles. The van der Waals surface area contributed by atoms with Gasteiger partial charge in [-0.3, -0.25) is 0 Å². The summed E-state index contributed by atoms with van der Waals surface area (Å²) in [6.45, 7) is 8.03. The van der Waals surface area contributed by atoms with Crippen LogP contribution in [0.3, 0.4) is 0 Å². The maximum atomic E-state index is 4.14. The van der Waals surface area contributed by atoms with Gasteiger partial charge in [0.25, 0.3) is 0 Å². The Labute approximate surface area is 66.5 Å². The van der Waals surface area contributed by atoms with Crippen LogP contribution in [0.1, 0.15) is 31.6 Å². The fourth-order valence-corrected chi connectivity index (χ4v) is 1.04. The van der Waals surface area contributed by atoms with Crippen molar-refractivity contribution in [2.75, 3.05) is 0 Å². The van der Waals surface area contributed by atoms with E-state index in [1.54, 1.807) is 0 Å². The Hall–Kier alpha value is -0.440. The van der Waals surface area contributed by atoms with Gasteiger partial charge in [0.2, 0.25) is 0 Å². The van der Waals surface area contributed by atoms with Gasteiger partial charge >= 0.3 is 0 Å². The van der Waals surface area contributed by atoms with Crippen LogP contribution in [0.5, 0.6) is 0 Å². The molecule has 0 aliphatic rings. The van der Waals surface area contributed by atoms with Crippen molar-refractivity contribution in [3.05, 3.63) is 10.8 Å². The van der Waals surface area contributed by atoms with E-state index in [-0.39, 0.29) is 0 Å². The Kier molecular flexibility index (Phi) is 5.12. The lowest BCUT2D eigenvalue weighted by molar-refractivity contribution is 0.987. The molecule has 0 saturated heterocycles. The van der Waals surface area contributed by atoms with Crippen molar-refractivity contribution in [3.63, 3.8) is 0 Å². The molecule has 10 heavy (non-hydrogen) atoms. The summed E-state index contributed by atoms with van der Waals surface area (Å²) >= 11 is 1.47. The molecule has 1 heterocycles. The lowest BCUT2D eigenvalue weighted by Gasteiger charge is -1.77. The molecule has 0 fully saturated rings. The van der Waals surface area contributed by atoms with E-state index in [2.05, 4.69) is 16.3 Å². The van der Waals surface area contributed by atoms with Crippen molar-refractivity contribution in [2.24, 2.45) is 0 Å². The minimum absolute atomic E-state index is 0.949. The van der Waals surface area contributed by atoms with E-state index in [1.165, 1.54) is 11.5 Å². The van der Waals surface area contributed by atoms with Crippen molar-refractivity contribution in [1.29, 1.82) is 0 Å². The zero-order chi connectivity index (χ0) is 7.98. The van der Waals surface area contributed by atoms with Crippen molar-refractivity contribution in [1.82, 2.24) is 9.36 Å². The number of aryl methyl sites for hydroxylation is 2. The van der Waals surface area contributed by atoms with Crippen LogP contribution in [0, 0.1) is 6.92 Å². The molecule has 2 nitrogen and oxygen atoms in total. The first-order valence-corrected chi connectivity index (χ1v) is 4.39. The molecule has 58 valence electrons. The third kappa shape index (κ3) is 2.92. The molecule has 0 N–H and O–H groups in total. The Bertz CT molecular complexity index is 172. The number of rotatable bonds is 1. The molecular formula is C7H14N2S. The quantitative estimate of drug-likeness (QED) is 0.627. The Morgan fingerprint density at radius 2 is 2.00 bits per heavy atom. The number of aromatic nitrogens is 2. The molecule has 0 aliphatic carbocycles. The Morgan fingerprint density at radius 1 is 1.40 bits per heavy atom. The number of hydrogen-bond donors (Lipinski definition) is 0. The summed E-state index contributed by atoms with van der Waals surface area (Å²) in [5.41, 5.74) is 0. The van der Waals surface area contributed by atoms with Crippen LogP contribution in [-0.4, -0.2) is 9.36 Å². The van der Waals surface area contributed by atoms with Gasteiger partial charge in [-0.15, -0.1) is 0 Å². The molecule has 0 amide bonds. The molecule has 1 rings (SSSR count). The van der Waals surface area contributed by atoms with E-state index in [4.69, 9.17) is 0 Å². The Morgan fingerprint density at radius 3 is 2.20 bits per heavy atom. The number of nitrogens with zero attached hydrogens (tertiary/aromatic N) is 2. The topological polar surface area (TPSA) is 25.8 Å². The normalized spacial score (nSPS) is 8.40. The smallest absolute Gasteiger partial charge is 0.142 e. The van der Waals surface area contributed by atoms with Gasteiger partial charge in [-0.25, -0.2) is 4.98 Å². The average Bonchev–Trinajstić information content (AvgIpc) is 2.40. The van der Waals surface area contributed by atoms with Crippen LogP contribution < -0.4 is 0 Å². The zero-order valence-corrected chi connectivity index (χ0v) is 7.83. The minimum atomic E-state index is 0.949. The van der Waals surface area contributed by atoms with E-state index in [9.17, 15) is 0 Å². The van der Waals surface area contributed by atoms with Crippen LogP contribution in [0.4, 0.5) is 0 Å². The third-order valence-electron chi connectivity index (χ3n) is 0.886. The van der Waals surface area contributed by atoms with Gasteiger partial charge in [0.1, 0.15) is 10.8 Å². The Balaban J connectivity index is 0.000000371. The molecule has 0 bridgehead atoms. The highest BCUT2D eigenvalue weighted by atomic mass is 32.1. The van der Waals surface area contributed by atoms with Crippen LogP contribution in [0.25, 0.3) is 0 Å². The van der Waals surface area contributed by atoms with E-state index in [0.717, 1.165) is 17.3 Å². The fourth-order valence-electron chi connectivity index (χ4n) is 0.485. The van der Waals surface area contributed by atoms with Crippen LogP contribution in [0.15, 0.2) is 0 Å². The van der Waals surface area contributed by atoms with Crippen molar-refractivity contribution in [3.8, 4) is 0 Å². The monoisotopic (exact) mass is 158 g/mol. The van der Waals surface area contributed by atoms with Gasteiger partial charge in [-0.05, 0) is 18.5 Å². The van der Waals surface area contributed by atoms with Crippen LogP contribution in [-0.2, 0) is 6.42 Å². The first kappa shape index (κ1) is 9.56. The number of hydrogen-bond acceptors (Lipinski definition) is 3. The van der Waals surface area contributed by atoms with Crippen molar-refractivity contribution in [2.45, 2.75) is 34.1 Å². The maximum absolute atomic E-state index is 4.14. The third-order valence-corrected chi connectivity index (χ3v) is 1.54. The van der Waals surface area contributed by atoms with Crippen LogP contribution in [0.2, 0.25) is 0 Å². The lowest BCUT2D eigenvalue weighted by Crippen LogP contribution is -1.80. The van der Waals surface area contributed by atoms with Gasteiger partial charge in [0, 0.05) is 6.42 Å². The van der Waals surface area contributed by atoms with Gasteiger partial charge in [0.15, 0.2) is 0 Å². The summed E-state index contributed by atoms with van der Waals surface area (Å²) in [4.78, 5) is 4.14. The van der Waals surface area contributed by atoms with Crippen molar-refractivity contribution < 1.29 is 0 Å². The lowest BCUT2D eigenvalue weighted by atomic mass is 10.5. The highest BCUT2D eigenvalue weighted by molar-refractivity contribution is 7.05. The van der Waals surface area contributed by atoms with Gasteiger partial charge in [-0.1, -0.05) is 20.8 Å². The molecule has 1 aromatic heterocycles. The molecule has 3 heteroatoms. The fraction of sp³-hybridized carbons (Fsp3) is 0.714. The first-order chi connectivity index (χ1) is 4.83. The molecule has 0 spiro atoms. The summed E-state index contributed by atoms with van der Waals surface area (Å²) < 4.78 is 4.06. The summed E-state index contributed by atoms with van der Waals surface area (Å²) in [5.74, 6) is 0.965. The van der Waals surface area contributed by atoms with Gasteiger partial charge in [0.05, 0.1) is 0 Å². The minimum Gasteiger partial charge on any atom is -0.225 e. The SMILES string of the molecule is CC.CCc1nsc(C)n1.